The molecule has 2 amide bonds. The SMILES string of the molecule is O=C(Nc1ccc(Br)cc1F)N1CCC[C@@H](CN2CCc3ccccc3C2)C1. The van der Waals surface area contributed by atoms with E-state index < -0.39 is 5.82 Å². The van der Waals surface area contributed by atoms with Gasteiger partial charge in [-0.3, -0.25) is 4.90 Å². The molecular weight excluding hydrogens is 421 g/mol. The molecule has 2 aliphatic rings. The van der Waals surface area contributed by atoms with E-state index >= 15 is 0 Å². The number of anilines is 1. The summed E-state index contributed by atoms with van der Waals surface area (Å²) in [6, 6.07) is 13.1. The number of halogens is 2. The van der Waals surface area contributed by atoms with Crippen molar-refractivity contribution in [1.29, 1.82) is 0 Å². The summed E-state index contributed by atoms with van der Waals surface area (Å²) >= 11 is 3.24. The molecule has 2 aliphatic heterocycles. The van der Waals surface area contributed by atoms with Gasteiger partial charge in [-0.05, 0) is 54.5 Å². The molecule has 6 heteroatoms. The first-order valence-electron chi connectivity index (χ1n) is 9.88. The number of likely N-dealkylation sites (tertiary alicyclic amines) is 1. The smallest absolute Gasteiger partial charge is 0.321 e. The number of piperidine rings is 1. The normalized spacial score (nSPS) is 19.9. The Balaban J connectivity index is 1.33. The van der Waals surface area contributed by atoms with E-state index in [2.05, 4.69) is 50.4 Å². The van der Waals surface area contributed by atoms with Gasteiger partial charge in [-0.15, -0.1) is 0 Å². The maximum atomic E-state index is 14.0. The average molecular weight is 446 g/mol. The molecule has 0 saturated carbocycles. The van der Waals surface area contributed by atoms with Crippen molar-refractivity contribution in [3.63, 3.8) is 0 Å². The Morgan fingerprint density at radius 1 is 1.18 bits per heavy atom. The Bertz CT molecular complexity index is 859. The highest BCUT2D eigenvalue weighted by atomic mass is 79.9. The summed E-state index contributed by atoms with van der Waals surface area (Å²) in [5.41, 5.74) is 3.10. The van der Waals surface area contributed by atoms with E-state index in [1.54, 1.807) is 12.1 Å². The van der Waals surface area contributed by atoms with Gasteiger partial charge in [0.25, 0.3) is 0 Å². The summed E-state index contributed by atoms with van der Waals surface area (Å²) in [5.74, 6) is 0.0304. The van der Waals surface area contributed by atoms with E-state index in [4.69, 9.17) is 0 Å². The minimum absolute atomic E-state index is 0.213. The molecule has 0 spiro atoms. The molecule has 2 heterocycles. The summed E-state index contributed by atoms with van der Waals surface area (Å²) < 4.78 is 14.7. The van der Waals surface area contributed by atoms with Crippen molar-refractivity contribution in [2.75, 3.05) is 31.5 Å². The van der Waals surface area contributed by atoms with Crippen LogP contribution in [0.4, 0.5) is 14.9 Å². The van der Waals surface area contributed by atoms with Gasteiger partial charge in [-0.25, -0.2) is 9.18 Å². The van der Waals surface area contributed by atoms with Crippen molar-refractivity contribution in [3.8, 4) is 0 Å². The lowest BCUT2D eigenvalue weighted by atomic mass is 9.95. The third-order valence-corrected chi connectivity index (χ3v) is 6.20. The van der Waals surface area contributed by atoms with Crippen LogP contribution in [0.15, 0.2) is 46.9 Å². The highest BCUT2D eigenvalue weighted by Crippen LogP contribution is 2.24. The number of urea groups is 1. The fraction of sp³-hybridized carbons (Fsp3) is 0.409. The zero-order valence-electron chi connectivity index (χ0n) is 15.8. The summed E-state index contributed by atoms with van der Waals surface area (Å²) in [4.78, 5) is 17.0. The first-order chi connectivity index (χ1) is 13.6. The standard InChI is InChI=1S/C22H25BrFN3O/c23-19-7-8-21(20(24)12-19)25-22(28)27-10-3-4-16(14-27)13-26-11-9-17-5-1-2-6-18(17)15-26/h1-2,5-8,12,16H,3-4,9-11,13-15H2,(H,25,28)/t16-/m0/s1. The molecular formula is C22H25BrFN3O. The summed E-state index contributed by atoms with van der Waals surface area (Å²) in [5, 5.41) is 2.72. The molecule has 28 heavy (non-hydrogen) atoms. The lowest BCUT2D eigenvalue weighted by Gasteiger charge is -2.37. The summed E-state index contributed by atoms with van der Waals surface area (Å²) in [6.45, 7) is 4.52. The van der Waals surface area contributed by atoms with E-state index in [9.17, 15) is 9.18 Å². The lowest BCUT2D eigenvalue weighted by Crippen LogP contribution is -2.46. The number of rotatable bonds is 3. The van der Waals surface area contributed by atoms with Crippen molar-refractivity contribution in [3.05, 3.63) is 63.9 Å². The number of carbonyl (C=O) groups is 1. The van der Waals surface area contributed by atoms with Crippen LogP contribution in [0.5, 0.6) is 0 Å². The quantitative estimate of drug-likeness (QED) is 0.729. The molecule has 4 nitrogen and oxygen atoms in total. The van der Waals surface area contributed by atoms with Gasteiger partial charge in [-0.1, -0.05) is 40.2 Å². The molecule has 2 aromatic carbocycles. The second-order valence-electron chi connectivity index (χ2n) is 7.76. The predicted octanol–water partition coefficient (Wildman–Crippen LogP) is 4.89. The molecule has 0 bridgehead atoms. The van der Waals surface area contributed by atoms with E-state index in [1.165, 1.54) is 17.2 Å². The van der Waals surface area contributed by atoms with Crippen LogP contribution < -0.4 is 5.32 Å². The Kier molecular flexibility index (Phi) is 5.97. The number of fused-ring (bicyclic) bond motifs is 1. The van der Waals surface area contributed by atoms with Crippen LogP contribution in [0.25, 0.3) is 0 Å². The van der Waals surface area contributed by atoms with Crippen LogP contribution in [-0.4, -0.2) is 42.0 Å². The molecule has 0 unspecified atom stereocenters. The number of nitrogens with zero attached hydrogens (tertiary/aromatic N) is 2. The minimum atomic E-state index is -0.428. The Hall–Kier alpha value is -1.92. The van der Waals surface area contributed by atoms with Gasteiger partial charge in [-0.2, -0.15) is 0 Å². The second kappa shape index (κ2) is 8.62. The largest absolute Gasteiger partial charge is 0.324 e. The number of carbonyl (C=O) groups excluding carboxylic acids is 1. The van der Waals surface area contributed by atoms with E-state index in [0.717, 1.165) is 52.0 Å². The first-order valence-corrected chi connectivity index (χ1v) is 10.7. The number of hydrogen-bond acceptors (Lipinski definition) is 2. The maximum absolute atomic E-state index is 14.0. The fourth-order valence-electron chi connectivity index (χ4n) is 4.26. The third kappa shape index (κ3) is 4.55. The Morgan fingerprint density at radius 2 is 2.00 bits per heavy atom. The minimum Gasteiger partial charge on any atom is -0.324 e. The molecule has 2 aromatic rings. The Morgan fingerprint density at radius 3 is 2.82 bits per heavy atom. The van der Waals surface area contributed by atoms with Crippen LogP contribution in [0, 0.1) is 11.7 Å². The van der Waals surface area contributed by atoms with E-state index in [1.807, 2.05) is 4.90 Å². The highest BCUT2D eigenvalue weighted by molar-refractivity contribution is 9.10. The van der Waals surface area contributed by atoms with Crippen LogP contribution >= 0.6 is 15.9 Å². The van der Waals surface area contributed by atoms with Crippen molar-refractivity contribution in [2.45, 2.75) is 25.8 Å². The summed E-state index contributed by atoms with van der Waals surface area (Å²) in [6.07, 6.45) is 3.22. The van der Waals surface area contributed by atoms with E-state index in [-0.39, 0.29) is 11.7 Å². The van der Waals surface area contributed by atoms with Gasteiger partial charge in [0, 0.05) is 37.2 Å². The van der Waals surface area contributed by atoms with Crippen molar-refractivity contribution >= 4 is 27.6 Å². The second-order valence-corrected chi connectivity index (χ2v) is 8.68. The molecule has 4 rings (SSSR count). The van der Waals surface area contributed by atoms with Crippen LogP contribution in [0.3, 0.4) is 0 Å². The molecule has 0 aliphatic carbocycles. The molecule has 1 N–H and O–H groups in total. The van der Waals surface area contributed by atoms with Gasteiger partial charge >= 0.3 is 6.03 Å². The molecule has 1 saturated heterocycles. The fourth-order valence-corrected chi connectivity index (χ4v) is 4.59. The van der Waals surface area contributed by atoms with Crippen molar-refractivity contribution in [1.82, 2.24) is 9.80 Å². The number of amides is 2. The zero-order chi connectivity index (χ0) is 19.5. The van der Waals surface area contributed by atoms with Crippen LogP contribution in [-0.2, 0) is 13.0 Å². The zero-order valence-corrected chi connectivity index (χ0v) is 17.4. The number of hydrogen-bond donors (Lipinski definition) is 1. The molecule has 0 aromatic heterocycles. The van der Waals surface area contributed by atoms with Crippen LogP contribution in [0.1, 0.15) is 24.0 Å². The van der Waals surface area contributed by atoms with E-state index in [0.29, 0.717) is 10.4 Å². The number of benzene rings is 2. The van der Waals surface area contributed by atoms with Gasteiger partial charge in [0.15, 0.2) is 0 Å². The average Bonchev–Trinajstić information content (AvgIpc) is 2.70. The van der Waals surface area contributed by atoms with Gasteiger partial charge < -0.3 is 10.2 Å². The van der Waals surface area contributed by atoms with Crippen molar-refractivity contribution in [2.24, 2.45) is 5.92 Å². The third-order valence-electron chi connectivity index (χ3n) is 5.71. The lowest BCUT2D eigenvalue weighted by molar-refractivity contribution is 0.140. The molecule has 0 radical (unpaired) electrons. The van der Waals surface area contributed by atoms with Gasteiger partial charge in [0.2, 0.25) is 0 Å². The molecule has 148 valence electrons. The predicted molar refractivity (Wildman–Crippen MR) is 113 cm³/mol. The maximum Gasteiger partial charge on any atom is 0.321 e. The molecule has 1 fully saturated rings. The van der Waals surface area contributed by atoms with Gasteiger partial charge in [0.05, 0.1) is 5.69 Å². The summed E-state index contributed by atoms with van der Waals surface area (Å²) in [7, 11) is 0. The van der Waals surface area contributed by atoms with Gasteiger partial charge in [0.1, 0.15) is 5.82 Å². The molecule has 1 atom stereocenters. The monoisotopic (exact) mass is 445 g/mol. The van der Waals surface area contributed by atoms with Crippen molar-refractivity contribution < 1.29 is 9.18 Å². The van der Waals surface area contributed by atoms with Crippen LogP contribution in [0.2, 0.25) is 0 Å². The first kappa shape index (κ1) is 19.4. The number of nitrogens with one attached hydrogen (secondary N) is 1. The topological polar surface area (TPSA) is 35.6 Å². The highest BCUT2D eigenvalue weighted by Gasteiger charge is 2.27. The Labute approximate surface area is 173 Å².